The number of carbonyl (C=O) groups excluding carboxylic acids is 5. The molecule has 2 N–H and O–H groups in total. The molecule has 75 heavy (non-hydrogen) atoms. The maximum atomic E-state index is 15.4. The normalized spacial score (nSPS) is 27.8. The number of nitrogens with one attached hydrogen (secondary N) is 2. The van der Waals surface area contributed by atoms with Crippen LogP contribution in [-0.2, 0) is 29.4 Å². The summed E-state index contributed by atoms with van der Waals surface area (Å²) in [6.07, 6.45) is 17.7. The van der Waals surface area contributed by atoms with Crippen molar-refractivity contribution in [2.24, 2.45) is 23.2 Å². The summed E-state index contributed by atoms with van der Waals surface area (Å²) in [6.45, 7) is 12.7. The van der Waals surface area contributed by atoms with E-state index in [1.165, 1.54) is 32.4 Å². The fourth-order valence-electron chi connectivity index (χ4n) is 14.8. The topological polar surface area (TPSA) is 169 Å². The number of likely N-dealkylation sites (tertiary alicyclic amines) is 3. The Labute approximate surface area is 440 Å². The summed E-state index contributed by atoms with van der Waals surface area (Å²) >= 11 is 0. The Morgan fingerprint density at radius 1 is 0.800 bits per heavy atom. The Morgan fingerprint density at radius 2 is 1.53 bits per heavy atom. The van der Waals surface area contributed by atoms with Crippen molar-refractivity contribution in [1.29, 1.82) is 0 Å². The molecule has 3 unspecified atom stereocenters. The first kappa shape index (κ1) is 48.7. The van der Waals surface area contributed by atoms with Crippen LogP contribution in [0.1, 0.15) is 147 Å². The van der Waals surface area contributed by atoms with Gasteiger partial charge in [-0.05, 0) is 151 Å². The van der Waals surface area contributed by atoms with Crippen LogP contribution in [0.3, 0.4) is 0 Å². The lowest BCUT2D eigenvalue weighted by Crippen LogP contribution is -2.59. The third-order valence-electron chi connectivity index (χ3n) is 19.8. The highest BCUT2D eigenvalue weighted by atomic mass is 16.2. The van der Waals surface area contributed by atoms with Gasteiger partial charge in [-0.25, -0.2) is 15.0 Å². The third-order valence-corrected chi connectivity index (χ3v) is 19.8. The molecule has 1 aromatic carbocycles. The minimum atomic E-state index is -0.683. The van der Waals surface area contributed by atoms with Crippen molar-refractivity contribution in [3.05, 3.63) is 60.0 Å². The zero-order valence-corrected chi connectivity index (χ0v) is 44.3. The minimum absolute atomic E-state index is 0.148. The molecule has 16 heteroatoms. The molecule has 3 atom stereocenters. The molecule has 6 aliphatic heterocycles. The van der Waals surface area contributed by atoms with E-state index in [0.717, 1.165) is 114 Å². The number of hydrogen-bond acceptors (Lipinski definition) is 11. The van der Waals surface area contributed by atoms with Crippen molar-refractivity contribution < 1.29 is 24.0 Å². The second kappa shape index (κ2) is 19.0. The van der Waals surface area contributed by atoms with Crippen molar-refractivity contribution in [2.45, 2.75) is 159 Å². The molecule has 5 amide bonds. The van der Waals surface area contributed by atoms with E-state index in [2.05, 4.69) is 79.9 Å². The van der Waals surface area contributed by atoms with Gasteiger partial charge >= 0.3 is 0 Å². The quantitative estimate of drug-likeness (QED) is 0.142. The average molecular weight is 1020 g/mol. The van der Waals surface area contributed by atoms with E-state index in [9.17, 15) is 19.2 Å². The number of nitrogens with zero attached hydrogens (tertiary/aromatic N) is 9. The summed E-state index contributed by atoms with van der Waals surface area (Å²) in [5.74, 6) is 3.40. The van der Waals surface area contributed by atoms with Gasteiger partial charge < -0.3 is 29.5 Å². The number of hydrogen-bond donors (Lipinski definition) is 2. The number of pyridine rings is 2. The molecule has 8 fully saturated rings. The number of aromatic nitrogens is 4. The van der Waals surface area contributed by atoms with Crippen molar-refractivity contribution in [2.75, 3.05) is 67.5 Å². The Bertz CT molecular complexity index is 2890. The third kappa shape index (κ3) is 8.88. The standard InChI is InChI=1S/C59H75N11O5/c1-36(2)69-35-61-48-31-47(63-54(53(48)69)62-42-8-9-42)40-6-11-46-49(28-40)70(44-29-43(30-44)68-33-38-4-5-39(26-38)34-68)57(75)59(46)18-24-67(25-19-59)56(74)58(3)16-22-66(23-17-58)52(72)27-37-14-20-65(21-15-37)50-12-7-41(32-60-50)45-10-13-51(71)64-55(45)73/h6-7,11-12,28,31-32,35-39,42-45H,4-5,8-10,13-27,29-30,33-34H2,1-3H3,(H,62,63)(H,64,71,73). The van der Waals surface area contributed by atoms with Gasteiger partial charge in [0.05, 0.1) is 28.9 Å². The Kier molecular flexibility index (Phi) is 12.3. The fourth-order valence-corrected chi connectivity index (χ4v) is 14.8. The molecule has 4 aromatic rings. The maximum absolute atomic E-state index is 15.4. The molecule has 3 aliphatic carbocycles. The minimum Gasteiger partial charge on any atom is -0.366 e. The van der Waals surface area contributed by atoms with Crippen LogP contribution in [0.2, 0.25) is 0 Å². The zero-order chi connectivity index (χ0) is 51.3. The lowest BCUT2D eigenvalue weighted by molar-refractivity contribution is -0.149. The highest BCUT2D eigenvalue weighted by Crippen LogP contribution is 2.53. The molecule has 13 rings (SSSR count). The van der Waals surface area contributed by atoms with Crippen LogP contribution in [-0.4, -0.2) is 134 Å². The molecule has 9 heterocycles. The number of anilines is 3. The second-order valence-corrected chi connectivity index (χ2v) is 25.0. The largest absolute Gasteiger partial charge is 0.366 e. The summed E-state index contributed by atoms with van der Waals surface area (Å²) in [4.78, 5) is 93.9. The first-order valence-corrected chi connectivity index (χ1v) is 28.8. The van der Waals surface area contributed by atoms with Gasteiger partial charge in [-0.2, -0.15) is 0 Å². The highest BCUT2D eigenvalue weighted by molar-refractivity contribution is 6.09. The summed E-state index contributed by atoms with van der Waals surface area (Å²) in [5.41, 5.74) is 5.52. The van der Waals surface area contributed by atoms with Crippen LogP contribution in [0.5, 0.6) is 0 Å². The Hall–Kier alpha value is -5.90. The van der Waals surface area contributed by atoms with Gasteiger partial charge in [0.25, 0.3) is 0 Å². The monoisotopic (exact) mass is 1020 g/mol. The molecule has 16 nitrogen and oxygen atoms in total. The highest BCUT2D eigenvalue weighted by Gasteiger charge is 2.57. The van der Waals surface area contributed by atoms with Gasteiger partial charge in [-0.3, -0.25) is 34.2 Å². The second-order valence-electron chi connectivity index (χ2n) is 25.0. The van der Waals surface area contributed by atoms with Crippen LogP contribution < -0.4 is 20.4 Å². The van der Waals surface area contributed by atoms with Gasteiger partial charge in [0, 0.05) is 112 Å². The van der Waals surface area contributed by atoms with Gasteiger partial charge in [-0.15, -0.1) is 0 Å². The van der Waals surface area contributed by atoms with Crippen LogP contribution in [0.15, 0.2) is 48.9 Å². The molecular weight excluding hydrogens is 943 g/mol. The van der Waals surface area contributed by atoms with E-state index >= 15 is 4.79 Å². The first-order chi connectivity index (χ1) is 36.3. The van der Waals surface area contributed by atoms with Crippen molar-refractivity contribution in [1.82, 2.24) is 39.5 Å². The number of imidazole rings is 1. The fraction of sp³-hybridized carbons (Fsp3) is 0.627. The van der Waals surface area contributed by atoms with Crippen molar-refractivity contribution >= 4 is 57.9 Å². The number of rotatable bonds is 11. The number of amides is 5. The SMILES string of the molecule is CC(C)n1cnc2cc(-c3ccc4c(c3)N(C3CC(N5CC6CCC(C6)C5)C3)C(=O)C43CCN(C(=O)C4(C)CCN(C(=O)CC5CCN(c6ccc(C7CCC(=O)NC7=O)cn6)CC5)CC4)CC3)nc(NC3CC3)c21. The van der Waals surface area contributed by atoms with Gasteiger partial charge in [-0.1, -0.05) is 25.1 Å². The van der Waals surface area contributed by atoms with E-state index in [4.69, 9.17) is 9.97 Å². The molecule has 3 saturated carbocycles. The first-order valence-electron chi connectivity index (χ1n) is 28.8. The number of carbonyl (C=O) groups is 5. The maximum Gasteiger partial charge on any atom is 0.238 e. The summed E-state index contributed by atoms with van der Waals surface area (Å²) in [6, 6.07) is 14.0. The van der Waals surface area contributed by atoms with E-state index in [0.29, 0.717) is 83.2 Å². The predicted octanol–water partition coefficient (Wildman–Crippen LogP) is 7.57. The average Bonchev–Trinajstić information content (AvgIpc) is 3.94. The molecular formula is C59H75N11O5. The Morgan fingerprint density at radius 3 is 2.21 bits per heavy atom. The van der Waals surface area contributed by atoms with Crippen molar-refractivity contribution in [3.63, 3.8) is 0 Å². The van der Waals surface area contributed by atoms with Crippen molar-refractivity contribution in [3.8, 4) is 11.3 Å². The zero-order valence-electron chi connectivity index (χ0n) is 44.3. The number of benzene rings is 1. The van der Waals surface area contributed by atoms with Crippen LogP contribution in [0, 0.1) is 23.2 Å². The molecule has 2 bridgehead atoms. The summed E-state index contributed by atoms with van der Waals surface area (Å²) < 4.78 is 2.20. The lowest BCUT2D eigenvalue weighted by Gasteiger charge is -2.49. The van der Waals surface area contributed by atoms with Gasteiger partial charge in [0.2, 0.25) is 29.5 Å². The summed E-state index contributed by atoms with van der Waals surface area (Å²) in [7, 11) is 0. The van der Waals surface area contributed by atoms with Crippen LogP contribution in [0.25, 0.3) is 22.3 Å². The lowest BCUT2D eigenvalue weighted by atomic mass is 9.72. The molecule has 0 radical (unpaired) electrons. The molecule has 1 spiro atoms. The van der Waals surface area contributed by atoms with Crippen LogP contribution in [0.4, 0.5) is 17.3 Å². The van der Waals surface area contributed by atoms with Gasteiger partial charge in [0.1, 0.15) is 11.3 Å². The Balaban J connectivity index is 0.658. The molecule has 396 valence electrons. The van der Waals surface area contributed by atoms with E-state index in [-0.39, 0.29) is 53.5 Å². The van der Waals surface area contributed by atoms with Gasteiger partial charge in [0.15, 0.2) is 5.82 Å². The van der Waals surface area contributed by atoms with Crippen LogP contribution >= 0.6 is 0 Å². The van der Waals surface area contributed by atoms with E-state index in [1.807, 2.05) is 28.3 Å². The van der Waals surface area contributed by atoms with E-state index in [1.54, 1.807) is 6.20 Å². The smallest absolute Gasteiger partial charge is 0.238 e. The predicted molar refractivity (Wildman–Crippen MR) is 287 cm³/mol. The molecule has 9 aliphatic rings. The number of fused-ring (bicyclic) bond motifs is 5. The number of imide groups is 1. The number of piperidine rings is 5. The van der Waals surface area contributed by atoms with E-state index < -0.39 is 10.8 Å². The summed E-state index contributed by atoms with van der Waals surface area (Å²) in [5, 5.41) is 6.15. The molecule has 3 aromatic heterocycles. The molecule has 5 saturated heterocycles.